The molecule has 0 aromatic heterocycles. The maximum Gasteiger partial charge on any atom is 0.335 e. The molecule has 1 aromatic rings. The van der Waals surface area contributed by atoms with Crippen molar-refractivity contribution in [2.45, 2.75) is 31.8 Å². The molecule has 4 heteroatoms. The number of hydrogen-bond acceptors (Lipinski definition) is 3. The molecular formula is C14H19NO3. The predicted octanol–water partition coefficient (Wildman–Crippen LogP) is 1.73. The Labute approximate surface area is 107 Å². The van der Waals surface area contributed by atoms with Gasteiger partial charge in [0.15, 0.2) is 0 Å². The molecular weight excluding hydrogens is 230 g/mol. The fraction of sp³-hybridized carbons (Fsp3) is 0.500. The molecule has 1 saturated heterocycles. The van der Waals surface area contributed by atoms with Gasteiger partial charge in [0.1, 0.15) is 0 Å². The zero-order valence-electron chi connectivity index (χ0n) is 10.4. The fourth-order valence-electron chi connectivity index (χ4n) is 2.62. The van der Waals surface area contributed by atoms with Crippen molar-refractivity contribution in [2.75, 3.05) is 13.2 Å². The molecule has 0 saturated carbocycles. The van der Waals surface area contributed by atoms with Gasteiger partial charge in [-0.25, -0.2) is 4.79 Å². The van der Waals surface area contributed by atoms with E-state index in [1.54, 1.807) is 18.2 Å². The summed E-state index contributed by atoms with van der Waals surface area (Å²) in [6, 6.07) is 7.53. The van der Waals surface area contributed by atoms with E-state index in [0.717, 1.165) is 37.9 Å². The molecule has 1 aliphatic rings. The van der Waals surface area contributed by atoms with Gasteiger partial charge in [-0.1, -0.05) is 12.1 Å². The van der Waals surface area contributed by atoms with E-state index in [1.807, 2.05) is 6.07 Å². The van der Waals surface area contributed by atoms with E-state index in [2.05, 4.69) is 4.90 Å². The highest BCUT2D eigenvalue weighted by atomic mass is 16.4. The van der Waals surface area contributed by atoms with Crippen LogP contribution in [0.2, 0.25) is 0 Å². The maximum absolute atomic E-state index is 10.9. The molecule has 2 rings (SSSR count). The minimum Gasteiger partial charge on any atom is -0.478 e. The monoisotopic (exact) mass is 249 g/mol. The molecule has 0 amide bonds. The van der Waals surface area contributed by atoms with Gasteiger partial charge in [0.2, 0.25) is 0 Å². The topological polar surface area (TPSA) is 60.8 Å². The molecule has 1 aliphatic heterocycles. The zero-order chi connectivity index (χ0) is 13.0. The van der Waals surface area contributed by atoms with Crippen LogP contribution in [0.4, 0.5) is 0 Å². The van der Waals surface area contributed by atoms with Gasteiger partial charge in [-0.3, -0.25) is 4.90 Å². The van der Waals surface area contributed by atoms with Crippen LogP contribution >= 0.6 is 0 Å². The molecule has 18 heavy (non-hydrogen) atoms. The average molecular weight is 249 g/mol. The zero-order valence-corrected chi connectivity index (χ0v) is 10.4. The number of rotatable bonds is 5. The third kappa shape index (κ3) is 3.09. The highest BCUT2D eigenvalue weighted by Crippen LogP contribution is 2.22. The molecule has 1 atom stereocenters. The standard InChI is InChI=1S/C14H19NO3/c16-8-6-13-5-2-7-15(13)10-11-3-1-4-12(9-11)14(17)18/h1,3-4,9,13,16H,2,5-8,10H2,(H,17,18). The largest absolute Gasteiger partial charge is 0.478 e. The van der Waals surface area contributed by atoms with Crippen molar-refractivity contribution in [3.63, 3.8) is 0 Å². The number of hydrogen-bond donors (Lipinski definition) is 2. The first-order valence-corrected chi connectivity index (χ1v) is 6.38. The first kappa shape index (κ1) is 13.1. The van der Waals surface area contributed by atoms with Crippen molar-refractivity contribution in [1.82, 2.24) is 4.90 Å². The molecule has 2 N–H and O–H groups in total. The molecule has 1 fully saturated rings. The van der Waals surface area contributed by atoms with Crippen molar-refractivity contribution in [3.05, 3.63) is 35.4 Å². The van der Waals surface area contributed by atoms with Crippen molar-refractivity contribution >= 4 is 5.97 Å². The second-order valence-corrected chi connectivity index (χ2v) is 4.78. The van der Waals surface area contributed by atoms with Gasteiger partial charge in [0.25, 0.3) is 0 Å². The van der Waals surface area contributed by atoms with Crippen LogP contribution in [0.15, 0.2) is 24.3 Å². The van der Waals surface area contributed by atoms with E-state index in [0.29, 0.717) is 11.6 Å². The molecule has 0 bridgehead atoms. The van der Waals surface area contributed by atoms with Crippen molar-refractivity contribution in [3.8, 4) is 0 Å². The Balaban J connectivity index is 2.04. The summed E-state index contributed by atoms with van der Waals surface area (Å²) in [5.74, 6) is -0.884. The lowest BCUT2D eigenvalue weighted by Gasteiger charge is -2.23. The second-order valence-electron chi connectivity index (χ2n) is 4.78. The highest BCUT2D eigenvalue weighted by Gasteiger charge is 2.23. The summed E-state index contributed by atoms with van der Waals surface area (Å²) in [6.45, 7) is 2.02. The molecule has 0 aliphatic carbocycles. The number of carboxylic acid groups (broad SMARTS) is 1. The Morgan fingerprint density at radius 2 is 2.28 bits per heavy atom. The van der Waals surface area contributed by atoms with E-state index < -0.39 is 5.97 Å². The van der Waals surface area contributed by atoms with Crippen LogP contribution in [0.1, 0.15) is 35.2 Å². The molecule has 98 valence electrons. The van der Waals surface area contributed by atoms with Gasteiger partial charge < -0.3 is 10.2 Å². The van der Waals surface area contributed by atoms with Gasteiger partial charge in [0, 0.05) is 19.2 Å². The van der Waals surface area contributed by atoms with Crippen LogP contribution in [0.25, 0.3) is 0 Å². The Morgan fingerprint density at radius 3 is 3.00 bits per heavy atom. The predicted molar refractivity (Wildman–Crippen MR) is 68.5 cm³/mol. The fourth-order valence-corrected chi connectivity index (χ4v) is 2.62. The van der Waals surface area contributed by atoms with Gasteiger partial charge >= 0.3 is 5.97 Å². The Hall–Kier alpha value is -1.39. The molecule has 0 radical (unpaired) electrons. The minimum atomic E-state index is -0.884. The van der Waals surface area contributed by atoms with Crippen molar-refractivity contribution < 1.29 is 15.0 Å². The number of nitrogens with zero attached hydrogens (tertiary/aromatic N) is 1. The van der Waals surface area contributed by atoms with E-state index in [-0.39, 0.29) is 6.61 Å². The van der Waals surface area contributed by atoms with Crippen LogP contribution in [0.3, 0.4) is 0 Å². The molecule has 1 aromatic carbocycles. The van der Waals surface area contributed by atoms with E-state index in [4.69, 9.17) is 10.2 Å². The SMILES string of the molecule is O=C(O)c1cccc(CN2CCCC2CCO)c1. The molecule has 1 unspecified atom stereocenters. The third-order valence-electron chi connectivity index (χ3n) is 3.52. The molecule has 1 heterocycles. The smallest absolute Gasteiger partial charge is 0.335 e. The normalized spacial score (nSPS) is 20.2. The number of aliphatic hydroxyl groups is 1. The lowest BCUT2D eigenvalue weighted by Crippen LogP contribution is -2.29. The number of aromatic carboxylic acids is 1. The summed E-state index contributed by atoms with van der Waals surface area (Å²) in [7, 11) is 0. The van der Waals surface area contributed by atoms with Crippen molar-refractivity contribution in [2.24, 2.45) is 0 Å². The van der Waals surface area contributed by atoms with Crippen LogP contribution < -0.4 is 0 Å². The van der Waals surface area contributed by atoms with Crippen molar-refractivity contribution in [1.29, 1.82) is 0 Å². The highest BCUT2D eigenvalue weighted by molar-refractivity contribution is 5.87. The lowest BCUT2D eigenvalue weighted by molar-refractivity contribution is 0.0696. The number of carbonyl (C=O) groups is 1. The van der Waals surface area contributed by atoms with E-state index in [9.17, 15) is 4.79 Å². The van der Waals surface area contributed by atoms with Gasteiger partial charge in [-0.15, -0.1) is 0 Å². The summed E-state index contributed by atoms with van der Waals surface area (Å²) in [6.07, 6.45) is 3.08. The number of aliphatic hydroxyl groups excluding tert-OH is 1. The van der Waals surface area contributed by atoms with E-state index in [1.165, 1.54) is 0 Å². The van der Waals surface area contributed by atoms with E-state index >= 15 is 0 Å². The molecule has 0 spiro atoms. The lowest BCUT2D eigenvalue weighted by atomic mass is 10.1. The molecule has 4 nitrogen and oxygen atoms in total. The number of benzene rings is 1. The Bertz CT molecular complexity index is 419. The summed E-state index contributed by atoms with van der Waals surface area (Å²) in [5, 5.41) is 18.0. The first-order chi connectivity index (χ1) is 8.70. The van der Waals surface area contributed by atoms with Crippen LogP contribution in [0, 0.1) is 0 Å². The van der Waals surface area contributed by atoms with Gasteiger partial charge in [-0.05, 0) is 43.5 Å². The first-order valence-electron chi connectivity index (χ1n) is 6.38. The summed E-state index contributed by atoms with van der Waals surface area (Å²) in [5.41, 5.74) is 1.37. The quantitative estimate of drug-likeness (QED) is 0.834. The average Bonchev–Trinajstić information content (AvgIpc) is 2.77. The summed E-state index contributed by atoms with van der Waals surface area (Å²) in [4.78, 5) is 13.2. The van der Waals surface area contributed by atoms with Crippen LogP contribution in [-0.2, 0) is 6.54 Å². The third-order valence-corrected chi connectivity index (χ3v) is 3.52. The Morgan fingerprint density at radius 1 is 1.44 bits per heavy atom. The number of likely N-dealkylation sites (tertiary alicyclic amines) is 1. The Kier molecular flexibility index (Phi) is 4.33. The van der Waals surface area contributed by atoms with Gasteiger partial charge in [0.05, 0.1) is 5.56 Å². The maximum atomic E-state index is 10.9. The van der Waals surface area contributed by atoms with Gasteiger partial charge in [-0.2, -0.15) is 0 Å². The second kappa shape index (κ2) is 5.98. The summed E-state index contributed by atoms with van der Waals surface area (Å²) < 4.78 is 0. The summed E-state index contributed by atoms with van der Waals surface area (Å²) >= 11 is 0. The minimum absolute atomic E-state index is 0.219. The van der Waals surface area contributed by atoms with Crippen LogP contribution in [0.5, 0.6) is 0 Å². The van der Waals surface area contributed by atoms with Crippen LogP contribution in [-0.4, -0.2) is 40.3 Å². The number of carboxylic acids is 1.